The molecule has 70 valence electrons. The van der Waals surface area contributed by atoms with E-state index in [2.05, 4.69) is 0 Å². The zero-order valence-electron chi connectivity index (χ0n) is 7.66. The molecule has 0 aromatic rings. The molecule has 2 fully saturated rings. The monoisotopic (exact) mass is 178 g/mol. The summed E-state index contributed by atoms with van der Waals surface area (Å²) in [6.45, 7) is 0. The smallest absolute Gasteiger partial charge is 0.162 e. The van der Waals surface area contributed by atoms with Gasteiger partial charge in [-0.1, -0.05) is 0 Å². The van der Waals surface area contributed by atoms with Gasteiger partial charge in [-0.15, -0.1) is 0 Å². The Balaban J connectivity index is 1.90. The lowest BCUT2D eigenvalue weighted by Crippen LogP contribution is -2.40. The highest BCUT2D eigenvalue weighted by atomic mass is 16.5. The van der Waals surface area contributed by atoms with Crippen LogP contribution < -0.4 is 0 Å². The van der Waals surface area contributed by atoms with Gasteiger partial charge in [-0.05, 0) is 37.5 Å². The Morgan fingerprint density at radius 2 is 2.38 bits per heavy atom. The lowest BCUT2D eigenvalue weighted by Gasteiger charge is -2.38. The van der Waals surface area contributed by atoms with Crippen LogP contribution in [0.3, 0.4) is 0 Å². The Bertz CT molecular complexity index is 282. The molecule has 2 heteroatoms. The molecule has 0 aromatic carbocycles. The van der Waals surface area contributed by atoms with Gasteiger partial charge in [0.05, 0.1) is 12.7 Å². The maximum Gasteiger partial charge on any atom is 0.162 e. The third kappa shape index (κ3) is 0.976. The second-order valence-electron chi connectivity index (χ2n) is 4.71. The molecule has 0 amide bonds. The lowest BCUT2D eigenvalue weighted by atomic mass is 9.79. The summed E-state index contributed by atoms with van der Waals surface area (Å²) in [5.41, 5.74) is -0.0747. The first-order valence-corrected chi connectivity index (χ1v) is 5.16. The molecule has 13 heavy (non-hydrogen) atoms. The van der Waals surface area contributed by atoms with Crippen LogP contribution in [-0.4, -0.2) is 11.4 Å². The minimum Gasteiger partial charge on any atom is -0.494 e. The molecule has 3 rings (SSSR count). The highest BCUT2D eigenvalue weighted by Crippen LogP contribution is 2.54. The van der Waals surface area contributed by atoms with Crippen LogP contribution in [0, 0.1) is 11.8 Å². The van der Waals surface area contributed by atoms with Gasteiger partial charge in [-0.3, -0.25) is 4.79 Å². The van der Waals surface area contributed by atoms with Crippen LogP contribution in [0.25, 0.3) is 0 Å². The summed E-state index contributed by atoms with van der Waals surface area (Å²) in [6.07, 6.45) is 8.85. The van der Waals surface area contributed by atoms with Gasteiger partial charge in [0.1, 0.15) is 5.60 Å². The molecule has 0 N–H and O–H groups in total. The average molecular weight is 178 g/mol. The van der Waals surface area contributed by atoms with Crippen molar-refractivity contribution in [2.45, 2.75) is 37.7 Å². The predicted octanol–water partition coefficient (Wildman–Crippen LogP) is 2.05. The molecule has 0 saturated heterocycles. The largest absolute Gasteiger partial charge is 0.494 e. The SMILES string of the molecule is O=C1C=COC2(C1)CC1CCC2C1. The molecule has 1 aliphatic heterocycles. The maximum absolute atomic E-state index is 11.3. The van der Waals surface area contributed by atoms with E-state index in [-0.39, 0.29) is 11.4 Å². The van der Waals surface area contributed by atoms with Crippen molar-refractivity contribution in [2.24, 2.45) is 11.8 Å². The fourth-order valence-corrected chi connectivity index (χ4v) is 3.40. The number of ether oxygens (including phenoxy) is 1. The zero-order chi connectivity index (χ0) is 8.89. The van der Waals surface area contributed by atoms with Gasteiger partial charge in [0.15, 0.2) is 5.78 Å². The fraction of sp³-hybridized carbons (Fsp3) is 0.727. The molecule has 2 aliphatic carbocycles. The molecular weight excluding hydrogens is 164 g/mol. The van der Waals surface area contributed by atoms with Crippen molar-refractivity contribution < 1.29 is 9.53 Å². The Morgan fingerprint density at radius 1 is 1.46 bits per heavy atom. The number of carbonyl (C=O) groups is 1. The van der Waals surface area contributed by atoms with Crippen LogP contribution in [0.15, 0.2) is 12.3 Å². The summed E-state index contributed by atoms with van der Waals surface area (Å²) in [7, 11) is 0. The van der Waals surface area contributed by atoms with E-state index in [4.69, 9.17) is 4.74 Å². The van der Waals surface area contributed by atoms with Crippen LogP contribution >= 0.6 is 0 Å². The van der Waals surface area contributed by atoms with Crippen LogP contribution in [0.4, 0.5) is 0 Å². The van der Waals surface area contributed by atoms with E-state index in [0.29, 0.717) is 12.3 Å². The summed E-state index contributed by atoms with van der Waals surface area (Å²) >= 11 is 0. The quantitative estimate of drug-likeness (QED) is 0.567. The van der Waals surface area contributed by atoms with Crippen molar-refractivity contribution in [3.05, 3.63) is 12.3 Å². The minimum absolute atomic E-state index is 0.0747. The molecule has 2 bridgehead atoms. The Kier molecular flexibility index (Phi) is 1.38. The van der Waals surface area contributed by atoms with Crippen LogP contribution in [0.5, 0.6) is 0 Å². The van der Waals surface area contributed by atoms with Crippen molar-refractivity contribution in [3.8, 4) is 0 Å². The normalized spacial score (nSPS) is 47.2. The summed E-state index contributed by atoms with van der Waals surface area (Å²) in [6, 6.07) is 0. The lowest BCUT2D eigenvalue weighted by molar-refractivity contribution is -0.125. The third-order valence-electron chi connectivity index (χ3n) is 3.95. The average Bonchev–Trinajstić information content (AvgIpc) is 2.63. The molecule has 3 atom stereocenters. The number of fused-ring (bicyclic) bond motifs is 3. The summed E-state index contributed by atoms with van der Waals surface area (Å²) in [5.74, 6) is 1.74. The zero-order valence-corrected chi connectivity index (χ0v) is 7.66. The first kappa shape index (κ1) is 7.60. The van der Waals surface area contributed by atoms with E-state index >= 15 is 0 Å². The number of allylic oxidation sites excluding steroid dienone is 1. The van der Waals surface area contributed by atoms with Crippen molar-refractivity contribution in [1.29, 1.82) is 0 Å². The molecule has 2 nitrogen and oxygen atoms in total. The van der Waals surface area contributed by atoms with Crippen LogP contribution in [0.1, 0.15) is 32.1 Å². The molecule has 1 spiro atoms. The van der Waals surface area contributed by atoms with E-state index in [1.807, 2.05) is 0 Å². The van der Waals surface area contributed by atoms with Gasteiger partial charge in [0.2, 0.25) is 0 Å². The van der Waals surface area contributed by atoms with Gasteiger partial charge in [-0.2, -0.15) is 0 Å². The van der Waals surface area contributed by atoms with Crippen molar-refractivity contribution in [1.82, 2.24) is 0 Å². The standard InChI is InChI=1S/C11H14O2/c12-10-3-4-13-11(7-10)6-8-1-2-9(11)5-8/h3-4,8-9H,1-2,5-7H2. The Morgan fingerprint density at radius 3 is 3.00 bits per heavy atom. The second-order valence-corrected chi connectivity index (χ2v) is 4.71. The number of hydrogen-bond acceptors (Lipinski definition) is 2. The molecule has 3 aliphatic rings. The highest BCUT2D eigenvalue weighted by molar-refractivity contribution is 5.91. The van der Waals surface area contributed by atoms with Gasteiger partial charge < -0.3 is 4.74 Å². The minimum atomic E-state index is -0.0747. The first-order valence-electron chi connectivity index (χ1n) is 5.16. The molecule has 1 heterocycles. The Hall–Kier alpha value is -0.790. The van der Waals surface area contributed by atoms with Gasteiger partial charge in [-0.25, -0.2) is 0 Å². The first-order chi connectivity index (χ1) is 6.28. The summed E-state index contributed by atoms with van der Waals surface area (Å²) in [4.78, 5) is 11.3. The molecule has 0 radical (unpaired) electrons. The number of carbonyl (C=O) groups excluding carboxylic acids is 1. The third-order valence-corrected chi connectivity index (χ3v) is 3.95. The van der Waals surface area contributed by atoms with E-state index in [1.165, 1.54) is 19.3 Å². The number of ketones is 1. The molecule has 0 aromatic heterocycles. The van der Waals surface area contributed by atoms with Gasteiger partial charge in [0, 0.05) is 6.08 Å². The number of rotatable bonds is 0. The van der Waals surface area contributed by atoms with E-state index < -0.39 is 0 Å². The predicted molar refractivity (Wildman–Crippen MR) is 48.0 cm³/mol. The van der Waals surface area contributed by atoms with E-state index in [9.17, 15) is 4.79 Å². The number of hydrogen-bond donors (Lipinski definition) is 0. The van der Waals surface area contributed by atoms with E-state index in [0.717, 1.165) is 12.3 Å². The fourth-order valence-electron chi connectivity index (χ4n) is 3.40. The van der Waals surface area contributed by atoms with Crippen molar-refractivity contribution in [2.75, 3.05) is 0 Å². The van der Waals surface area contributed by atoms with Crippen LogP contribution in [0.2, 0.25) is 0 Å². The van der Waals surface area contributed by atoms with E-state index in [1.54, 1.807) is 12.3 Å². The molecular formula is C11H14O2. The summed E-state index contributed by atoms with van der Waals surface area (Å²) < 4.78 is 5.73. The Labute approximate surface area is 78.0 Å². The van der Waals surface area contributed by atoms with Gasteiger partial charge >= 0.3 is 0 Å². The van der Waals surface area contributed by atoms with Gasteiger partial charge in [0.25, 0.3) is 0 Å². The van der Waals surface area contributed by atoms with Crippen LogP contribution in [-0.2, 0) is 9.53 Å². The second kappa shape index (κ2) is 2.37. The molecule has 2 saturated carbocycles. The summed E-state index contributed by atoms with van der Waals surface area (Å²) in [5, 5.41) is 0. The topological polar surface area (TPSA) is 26.3 Å². The highest BCUT2D eigenvalue weighted by Gasteiger charge is 2.53. The van der Waals surface area contributed by atoms with Crippen molar-refractivity contribution in [3.63, 3.8) is 0 Å². The molecule has 3 unspecified atom stereocenters. The maximum atomic E-state index is 11.3. The van der Waals surface area contributed by atoms with Crippen molar-refractivity contribution >= 4 is 5.78 Å².